The fourth-order valence-corrected chi connectivity index (χ4v) is 2.73. The number of rotatable bonds is 4. The molecule has 1 N–H and O–H groups in total. The van der Waals surface area contributed by atoms with Crippen LogP contribution in [0.25, 0.3) is 11.0 Å². The fourth-order valence-electron chi connectivity index (χ4n) is 2.73. The Morgan fingerprint density at radius 1 is 1.14 bits per heavy atom. The highest BCUT2D eigenvalue weighted by molar-refractivity contribution is 5.82. The number of furan rings is 1. The average molecular weight is 283 g/mol. The molecule has 1 heterocycles. The summed E-state index contributed by atoms with van der Waals surface area (Å²) in [4.78, 5) is 0. The quantitative estimate of drug-likeness (QED) is 0.702. The second-order valence-electron chi connectivity index (χ2n) is 5.17. The second-order valence-corrected chi connectivity index (χ2v) is 5.17. The molecule has 0 aliphatic rings. The van der Waals surface area contributed by atoms with Crippen LogP contribution in [0.1, 0.15) is 31.2 Å². The highest BCUT2D eigenvalue weighted by Crippen LogP contribution is 2.32. The number of benzene rings is 2. The molecule has 0 saturated carbocycles. The maximum absolute atomic E-state index is 13.3. The maximum atomic E-state index is 13.3. The second kappa shape index (κ2) is 5.60. The predicted molar refractivity (Wildman–Crippen MR) is 84.0 cm³/mol. The first kappa shape index (κ1) is 13.7. The summed E-state index contributed by atoms with van der Waals surface area (Å²) in [7, 11) is 0. The molecule has 3 rings (SSSR count). The van der Waals surface area contributed by atoms with Crippen LogP contribution in [0.15, 0.2) is 52.9 Å². The summed E-state index contributed by atoms with van der Waals surface area (Å²) in [6.45, 7) is 4.15. The van der Waals surface area contributed by atoms with Gasteiger partial charge in [0.15, 0.2) is 0 Å². The van der Waals surface area contributed by atoms with E-state index in [1.807, 2.05) is 31.2 Å². The van der Waals surface area contributed by atoms with Crippen molar-refractivity contribution >= 4 is 16.7 Å². The van der Waals surface area contributed by atoms with Gasteiger partial charge in [-0.2, -0.15) is 0 Å². The number of halogens is 1. The Labute approximate surface area is 123 Å². The van der Waals surface area contributed by atoms with Gasteiger partial charge in [-0.3, -0.25) is 0 Å². The van der Waals surface area contributed by atoms with Crippen LogP contribution in [0.5, 0.6) is 0 Å². The minimum Gasteiger partial charge on any atom is -0.459 e. The molecule has 1 unspecified atom stereocenters. The molecule has 3 aromatic rings. The van der Waals surface area contributed by atoms with Gasteiger partial charge in [0.1, 0.15) is 17.2 Å². The van der Waals surface area contributed by atoms with Crippen molar-refractivity contribution in [2.24, 2.45) is 0 Å². The largest absolute Gasteiger partial charge is 0.459 e. The Balaban J connectivity index is 1.95. The average Bonchev–Trinajstić information content (AvgIpc) is 2.86. The van der Waals surface area contributed by atoms with E-state index < -0.39 is 0 Å². The molecule has 0 spiro atoms. The van der Waals surface area contributed by atoms with Crippen LogP contribution in [-0.4, -0.2) is 0 Å². The van der Waals surface area contributed by atoms with E-state index in [1.54, 1.807) is 6.07 Å². The van der Waals surface area contributed by atoms with Crippen LogP contribution in [0.2, 0.25) is 0 Å². The summed E-state index contributed by atoms with van der Waals surface area (Å²) >= 11 is 0. The molecule has 0 aliphatic heterocycles. The molecule has 0 aliphatic carbocycles. The Hall–Kier alpha value is -2.29. The lowest BCUT2D eigenvalue weighted by atomic mass is 10.0. The molecule has 3 heteroatoms. The standard InChI is InChI=1S/C18H18FNO/c1-3-15-16-9-4-5-10-17(16)21-18(15)12(2)20-14-8-6-7-13(19)11-14/h4-12,20H,3H2,1-2H3. The van der Waals surface area contributed by atoms with Crippen LogP contribution in [0.3, 0.4) is 0 Å². The van der Waals surface area contributed by atoms with E-state index in [2.05, 4.69) is 18.3 Å². The molecule has 2 aromatic carbocycles. The number of hydrogen-bond donors (Lipinski definition) is 1. The highest BCUT2D eigenvalue weighted by Gasteiger charge is 2.18. The molecule has 0 fully saturated rings. The Kier molecular flexibility index (Phi) is 3.65. The minimum absolute atomic E-state index is 0.0193. The normalized spacial score (nSPS) is 12.5. The summed E-state index contributed by atoms with van der Waals surface area (Å²) in [5.41, 5.74) is 2.87. The molecule has 1 aromatic heterocycles. The lowest BCUT2D eigenvalue weighted by Gasteiger charge is -2.14. The molecule has 21 heavy (non-hydrogen) atoms. The highest BCUT2D eigenvalue weighted by atomic mass is 19.1. The summed E-state index contributed by atoms with van der Waals surface area (Å²) < 4.78 is 19.3. The zero-order valence-electron chi connectivity index (χ0n) is 12.2. The summed E-state index contributed by atoms with van der Waals surface area (Å²) in [6.07, 6.45) is 0.904. The van der Waals surface area contributed by atoms with Crippen LogP contribution in [0, 0.1) is 5.82 Å². The molecule has 0 amide bonds. The van der Waals surface area contributed by atoms with E-state index in [0.29, 0.717) is 0 Å². The van der Waals surface area contributed by atoms with Crippen molar-refractivity contribution in [3.63, 3.8) is 0 Å². The van der Waals surface area contributed by atoms with Gasteiger partial charge in [-0.1, -0.05) is 31.2 Å². The van der Waals surface area contributed by atoms with Gasteiger partial charge in [0, 0.05) is 16.6 Å². The predicted octanol–water partition coefficient (Wildman–Crippen LogP) is 5.31. The van der Waals surface area contributed by atoms with Crippen molar-refractivity contribution < 1.29 is 8.81 Å². The van der Waals surface area contributed by atoms with E-state index in [9.17, 15) is 4.39 Å². The zero-order chi connectivity index (χ0) is 14.8. The van der Waals surface area contributed by atoms with Crippen molar-refractivity contribution in [1.29, 1.82) is 0 Å². The fraction of sp³-hybridized carbons (Fsp3) is 0.222. The monoisotopic (exact) mass is 283 g/mol. The van der Waals surface area contributed by atoms with Gasteiger partial charge in [-0.15, -0.1) is 0 Å². The number of para-hydroxylation sites is 1. The topological polar surface area (TPSA) is 25.2 Å². The SMILES string of the molecule is CCc1c(C(C)Nc2cccc(F)c2)oc2ccccc12. The van der Waals surface area contributed by atoms with Gasteiger partial charge in [0.25, 0.3) is 0 Å². The molecular weight excluding hydrogens is 265 g/mol. The number of nitrogens with one attached hydrogen (secondary N) is 1. The van der Waals surface area contributed by atoms with Crippen molar-refractivity contribution in [2.75, 3.05) is 5.32 Å². The number of hydrogen-bond acceptors (Lipinski definition) is 2. The van der Waals surface area contributed by atoms with Gasteiger partial charge >= 0.3 is 0 Å². The third kappa shape index (κ3) is 2.64. The van der Waals surface area contributed by atoms with Gasteiger partial charge in [-0.25, -0.2) is 4.39 Å². The van der Waals surface area contributed by atoms with E-state index in [1.165, 1.54) is 17.7 Å². The van der Waals surface area contributed by atoms with E-state index in [4.69, 9.17) is 4.42 Å². The first-order valence-electron chi connectivity index (χ1n) is 7.21. The summed E-state index contributed by atoms with van der Waals surface area (Å²) in [5, 5.41) is 4.46. The van der Waals surface area contributed by atoms with Crippen LogP contribution in [0.4, 0.5) is 10.1 Å². The van der Waals surface area contributed by atoms with Crippen molar-refractivity contribution in [3.05, 3.63) is 65.7 Å². The number of anilines is 1. The molecule has 0 saturated heterocycles. The lowest BCUT2D eigenvalue weighted by Crippen LogP contribution is -2.07. The van der Waals surface area contributed by atoms with Crippen molar-refractivity contribution in [1.82, 2.24) is 0 Å². The first-order valence-corrected chi connectivity index (χ1v) is 7.21. The van der Waals surface area contributed by atoms with Gasteiger partial charge in [-0.05, 0) is 37.6 Å². The van der Waals surface area contributed by atoms with E-state index in [0.717, 1.165) is 28.8 Å². The number of aryl methyl sites for hydroxylation is 1. The number of fused-ring (bicyclic) bond motifs is 1. The zero-order valence-corrected chi connectivity index (χ0v) is 12.2. The Morgan fingerprint density at radius 3 is 2.71 bits per heavy atom. The molecular formula is C18H18FNO. The third-order valence-electron chi connectivity index (χ3n) is 3.68. The third-order valence-corrected chi connectivity index (χ3v) is 3.68. The molecule has 1 atom stereocenters. The first-order chi connectivity index (χ1) is 10.2. The van der Waals surface area contributed by atoms with Crippen molar-refractivity contribution in [3.8, 4) is 0 Å². The Morgan fingerprint density at radius 2 is 1.95 bits per heavy atom. The minimum atomic E-state index is -0.243. The molecule has 108 valence electrons. The van der Waals surface area contributed by atoms with Gasteiger partial charge < -0.3 is 9.73 Å². The smallest absolute Gasteiger partial charge is 0.134 e. The Bertz CT molecular complexity index is 763. The van der Waals surface area contributed by atoms with Crippen LogP contribution >= 0.6 is 0 Å². The molecule has 2 nitrogen and oxygen atoms in total. The van der Waals surface area contributed by atoms with E-state index in [-0.39, 0.29) is 11.9 Å². The summed E-state index contributed by atoms with van der Waals surface area (Å²) in [6, 6.07) is 14.5. The van der Waals surface area contributed by atoms with Gasteiger partial charge in [0.2, 0.25) is 0 Å². The van der Waals surface area contributed by atoms with Crippen LogP contribution < -0.4 is 5.32 Å². The van der Waals surface area contributed by atoms with Crippen LogP contribution in [-0.2, 0) is 6.42 Å². The molecule has 0 bridgehead atoms. The maximum Gasteiger partial charge on any atom is 0.134 e. The lowest BCUT2D eigenvalue weighted by molar-refractivity contribution is 0.519. The van der Waals surface area contributed by atoms with Crippen molar-refractivity contribution in [2.45, 2.75) is 26.3 Å². The van der Waals surface area contributed by atoms with E-state index >= 15 is 0 Å². The molecule has 0 radical (unpaired) electrons. The summed E-state index contributed by atoms with van der Waals surface area (Å²) in [5.74, 6) is 0.676. The van der Waals surface area contributed by atoms with Gasteiger partial charge in [0.05, 0.1) is 6.04 Å².